The average Bonchev–Trinajstić information content (AvgIpc) is 3.51. The third-order valence-corrected chi connectivity index (χ3v) is 5.61. The molecule has 0 unspecified atom stereocenters. The molecule has 0 aliphatic carbocycles. The van der Waals surface area contributed by atoms with Crippen molar-refractivity contribution >= 4 is 11.6 Å². The van der Waals surface area contributed by atoms with Crippen molar-refractivity contribution in [1.82, 2.24) is 24.3 Å². The molecule has 0 fully saturated rings. The highest BCUT2D eigenvalue weighted by Gasteiger charge is 2.19. The zero-order valence-electron chi connectivity index (χ0n) is 17.9. The number of H-pyrrole nitrogens is 1. The number of rotatable bonds is 7. The molecule has 0 bridgehead atoms. The summed E-state index contributed by atoms with van der Waals surface area (Å²) in [6.45, 7) is 2.61. The van der Waals surface area contributed by atoms with E-state index in [1.54, 1.807) is 4.52 Å². The van der Waals surface area contributed by atoms with E-state index in [9.17, 15) is 14.7 Å². The molecule has 0 spiro atoms. The molecule has 3 aromatic heterocycles. The molecule has 0 aliphatic heterocycles. The van der Waals surface area contributed by atoms with Gasteiger partial charge in [0, 0.05) is 17.8 Å². The predicted octanol–water partition coefficient (Wildman–Crippen LogP) is 3.85. The molecule has 9 nitrogen and oxygen atoms in total. The van der Waals surface area contributed by atoms with Gasteiger partial charge in [-0.3, -0.25) is 9.51 Å². The lowest BCUT2D eigenvalue weighted by Crippen LogP contribution is -2.07. The highest BCUT2D eigenvalue weighted by Crippen LogP contribution is 2.30. The SMILES string of the molecule is CCCc1cn2ncc(C(=O)O)c2n1Cc1ccc(-c2ccccc2-c2noc(=O)[nH]2)cc1. The summed E-state index contributed by atoms with van der Waals surface area (Å²) >= 11 is 0. The number of aromatic carboxylic acids is 1. The van der Waals surface area contributed by atoms with Crippen LogP contribution < -0.4 is 5.76 Å². The van der Waals surface area contributed by atoms with Crippen LogP contribution in [0.5, 0.6) is 0 Å². The number of benzene rings is 2. The summed E-state index contributed by atoms with van der Waals surface area (Å²) in [4.78, 5) is 25.7. The minimum atomic E-state index is -0.995. The van der Waals surface area contributed by atoms with Crippen molar-refractivity contribution in [3.8, 4) is 22.5 Å². The van der Waals surface area contributed by atoms with Gasteiger partial charge in [0.2, 0.25) is 0 Å². The van der Waals surface area contributed by atoms with Crippen LogP contribution in [-0.2, 0) is 13.0 Å². The summed E-state index contributed by atoms with van der Waals surface area (Å²) in [5.74, 6) is -1.22. The van der Waals surface area contributed by atoms with E-state index >= 15 is 0 Å². The number of carboxylic acids is 1. The second-order valence-corrected chi connectivity index (χ2v) is 7.77. The van der Waals surface area contributed by atoms with Gasteiger partial charge in [0.1, 0.15) is 5.56 Å². The average molecular weight is 443 g/mol. The van der Waals surface area contributed by atoms with Crippen molar-refractivity contribution in [2.24, 2.45) is 0 Å². The van der Waals surface area contributed by atoms with Gasteiger partial charge >= 0.3 is 11.7 Å². The Labute approximate surface area is 187 Å². The van der Waals surface area contributed by atoms with Crippen LogP contribution in [0, 0.1) is 0 Å². The molecule has 9 heteroatoms. The molecular weight excluding hydrogens is 422 g/mol. The molecule has 0 saturated heterocycles. The van der Waals surface area contributed by atoms with Gasteiger partial charge in [-0.25, -0.2) is 14.1 Å². The number of carboxylic acid groups (broad SMARTS) is 1. The van der Waals surface area contributed by atoms with Crippen molar-refractivity contribution in [3.05, 3.63) is 88.3 Å². The number of aromatic amines is 1. The zero-order chi connectivity index (χ0) is 22.9. The molecule has 0 aliphatic rings. The highest BCUT2D eigenvalue weighted by molar-refractivity contribution is 5.94. The first-order valence-electron chi connectivity index (χ1n) is 10.6. The zero-order valence-corrected chi connectivity index (χ0v) is 17.9. The number of aryl methyl sites for hydroxylation is 1. The quantitative estimate of drug-likeness (QED) is 0.394. The van der Waals surface area contributed by atoms with Gasteiger partial charge in [0.15, 0.2) is 11.5 Å². The van der Waals surface area contributed by atoms with Gasteiger partial charge in [-0.1, -0.05) is 67.0 Å². The first-order valence-corrected chi connectivity index (χ1v) is 10.6. The standard InChI is InChI=1S/C24H21N5O4/c1-2-5-17-14-29-22(20(12-25-29)23(30)31)28(17)13-15-8-10-16(11-9-15)18-6-3-4-7-19(18)21-26-24(32)33-27-21/h3-4,6-12,14H,2,5,13H2,1H3,(H,30,31)(H,26,27,32). The monoisotopic (exact) mass is 443 g/mol. The van der Waals surface area contributed by atoms with Gasteiger partial charge in [0.05, 0.1) is 12.4 Å². The molecule has 166 valence electrons. The van der Waals surface area contributed by atoms with Crippen LogP contribution in [0.4, 0.5) is 0 Å². The molecule has 5 rings (SSSR count). The Morgan fingerprint density at radius 2 is 1.88 bits per heavy atom. The molecule has 3 heterocycles. The van der Waals surface area contributed by atoms with Crippen molar-refractivity contribution in [1.29, 1.82) is 0 Å². The lowest BCUT2D eigenvalue weighted by Gasteiger charge is -2.11. The summed E-state index contributed by atoms with van der Waals surface area (Å²) in [6, 6.07) is 15.7. The van der Waals surface area contributed by atoms with Crippen LogP contribution >= 0.6 is 0 Å². The van der Waals surface area contributed by atoms with Gasteiger partial charge in [-0.2, -0.15) is 5.10 Å². The molecule has 0 amide bonds. The van der Waals surface area contributed by atoms with E-state index in [-0.39, 0.29) is 5.56 Å². The maximum Gasteiger partial charge on any atom is 0.439 e. The summed E-state index contributed by atoms with van der Waals surface area (Å²) in [6.07, 6.45) is 5.05. The van der Waals surface area contributed by atoms with E-state index < -0.39 is 11.7 Å². The first-order chi connectivity index (χ1) is 16.0. The fraction of sp³-hybridized carbons (Fsp3) is 0.167. The molecular formula is C24H21N5O4. The number of nitrogens with zero attached hydrogens (tertiary/aromatic N) is 4. The number of aromatic nitrogens is 5. The second-order valence-electron chi connectivity index (χ2n) is 7.77. The molecule has 5 aromatic rings. The maximum atomic E-state index is 11.7. The van der Waals surface area contributed by atoms with Gasteiger partial charge in [0.25, 0.3) is 0 Å². The summed E-state index contributed by atoms with van der Waals surface area (Å²) in [5.41, 5.74) is 5.46. The van der Waals surface area contributed by atoms with E-state index in [1.165, 1.54) is 6.20 Å². The van der Waals surface area contributed by atoms with E-state index in [0.29, 0.717) is 18.0 Å². The van der Waals surface area contributed by atoms with Crippen molar-refractivity contribution in [3.63, 3.8) is 0 Å². The Hall–Kier alpha value is -4.40. The predicted molar refractivity (Wildman–Crippen MR) is 121 cm³/mol. The fourth-order valence-electron chi connectivity index (χ4n) is 4.11. The lowest BCUT2D eigenvalue weighted by atomic mass is 9.98. The Morgan fingerprint density at radius 3 is 2.55 bits per heavy atom. The molecule has 0 saturated carbocycles. The Morgan fingerprint density at radius 1 is 1.12 bits per heavy atom. The number of fused-ring (bicyclic) bond motifs is 1. The Kier molecular flexibility index (Phi) is 5.14. The van der Waals surface area contributed by atoms with E-state index in [4.69, 9.17) is 0 Å². The Bertz CT molecular complexity index is 1500. The number of hydrogen-bond acceptors (Lipinski definition) is 5. The summed E-state index contributed by atoms with van der Waals surface area (Å²) < 4.78 is 8.31. The molecule has 2 aromatic carbocycles. The number of nitrogens with one attached hydrogen (secondary N) is 1. The van der Waals surface area contributed by atoms with Crippen LogP contribution in [0.25, 0.3) is 28.2 Å². The highest BCUT2D eigenvalue weighted by atomic mass is 16.5. The first kappa shape index (κ1) is 20.5. The topological polar surface area (TPSA) is 118 Å². The van der Waals surface area contributed by atoms with Gasteiger partial charge < -0.3 is 9.67 Å². The van der Waals surface area contributed by atoms with Crippen molar-refractivity contribution in [2.75, 3.05) is 0 Å². The maximum absolute atomic E-state index is 11.7. The number of imidazole rings is 1. The smallest absolute Gasteiger partial charge is 0.439 e. The van der Waals surface area contributed by atoms with Crippen LogP contribution in [0.15, 0.2) is 70.2 Å². The van der Waals surface area contributed by atoms with Crippen molar-refractivity contribution < 1.29 is 14.4 Å². The molecule has 33 heavy (non-hydrogen) atoms. The number of carbonyl (C=O) groups is 1. The second kappa shape index (κ2) is 8.27. The minimum absolute atomic E-state index is 0.185. The Balaban J connectivity index is 1.51. The fourth-order valence-corrected chi connectivity index (χ4v) is 4.11. The van der Waals surface area contributed by atoms with Crippen LogP contribution in [0.3, 0.4) is 0 Å². The summed E-state index contributed by atoms with van der Waals surface area (Å²) in [5, 5.41) is 17.6. The van der Waals surface area contributed by atoms with Crippen LogP contribution in [0.2, 0.25) is 0 Å². The van der Waals surface area contributed by atoms with Gasteiger partial charge in [-0.05, 0) is 23.1 Å². The van der Waals surface area contributed by atoms with E-state index in [0.717, 1.165) is 40.8 Å². The lowest BCUT2D eigenvalue weighted by molar-refractivity contribution is 0.0698. The normalized spacial score (nSPS) is 11.3. The summed E-state index contributed by atoms with van der Waals surface area (Å²) in [7, 11) is 0. The molecule has 2 N–H and O–H groups in total. The van der Waals surface area contributed by atoms with E-state index in [2.05, 4.69) is 26.7 Å². The largest absolute Gasteiger partial charge is 0.477 e. The number of hydrogen-bond donors (Lipinski definition) is 2. The third-order valence-electron chi connectivity index (χ3n) is 5.61. The van der Waals surface area contributed by atoms with Crippen molar-refractivity contribution in [2.45, 2.75) is 26.3 Å². The minimum Gasteiger partial charge on any atom is -0.477 e. The molecule has 0 atom stereocenters. The van der Waals surface area contributed by atoms with E-state index in [1.807, 2.05) is 59.3 Å². The molecule has 0 radical (unpaired) electrons. The third kappa shape index (κ3) is 3.73. The van der Waals surface area contributed by atoms with Crippen LogP contribution in [-0.4, -0.2) is 35.4 Å². The van der Waals surface area contributed by atoms with Crippen LogP contribution in [0.1, 0.15) is 35.0 Å². The van der Waals surface area contributed by atoms with Gasteiger partial charge in [-0.15, -0.1) is 0 Å².